The fourth-order valence-corrected chi connectivity index (χ4v) is 1.50. The summed E-state index contributed by atoms with van der Waals surface area (Å²) in [4.78, 5) is 13.4. The highest BCUT2D eigenvalue weighted by atomic mass is 32.1. The van der Waals surface area contributed by atoms with Crippen molar-refractivity contribution in [3.63, 3.8) is 0 Å². The Morgan fingerprint density at radius 2 is 2.38 bits per heavy atom. The molecule has 0 aliphatic heterocycles. The molecule has 2 aromatic rings. The van der Waals surface area contributed by atoms with Gasteiger partial charge in [-0.15, -0.1) is 11.3 Å². The van der Waals surface area contributed by atoms with Crippen LogP contribution in [0.1, 0.15) is 0 Å². The van der Waals surface area contributed by atoms with Crippen LogP contribution in [0.3, 0.4) is 0 Å². The molecular weight excluding hydrogens is 184 g/mol. The van der Waals surface area contributed by atoms with E-state index in [2.05, 4.69) is 20.3 Å². The smallest absolute Gasteiger partial charge is 0.173 e. The predicted molar refractivity (Wildman–Crippen MR) is 52.7 cm³/mol. The van der Waals surface area contributed by atoms with Crippen LogP contribution in [0.15, 0.2) is 24.0 Å². The van der Waals surface area contributed by atoms with Gasteiger partial charge in [0.05, 0.1) is 10.4 Å². The number of thiazole rings is 1. The van der Waals surface area contributed by atoms with Gasteiger partial charge in [-0.2, -0.15) is 0 Å². The molecule has 0 fully saturated rings. The molecular formula is C8H8N4S. The molecule has 13 heavy (non-hydrogen) atoms. The molecule has 0 atom stereocenters. The lowest BCUT2D eigenvalue weighted by molar-refractivity contribution is 1.17. The third-order valence-corrected chi connectivity index (χ3v) is 2.33. The first-order chi connectivity index (χ1) is 6.40. The van der Waals surface area contributed by atoms with Crippen LogP contribution < -0.4 is 5.32 Å². The van der Waals surface area contributed by atoms with Crippen LogP contribution in [-0.2, 0) is 0 Å². The van der Waals surface area contributed by atoms with Gasteiger partial charge in [-0.25, -0.2) is 9.97 Å². The molecule has 0 saturated carbocycles. The predicted octanol–water partition coefficient (Wildman–Crippen LogP) is 1.64. The van der Waals surface area contributed by atoms with Crippen molar-refractivity contribution < 1.29 is 0 Å². The van der Waals surface area contributed by atoms with Gasteiger partial charge in [0, 0.05) is 19.4 Å². The van der Waals surface area contributed by atoms with Crippen molar-refractivity contribution >= 4 is 17.2 Å². The Balaban J connectivity index is 2.41. The van der Waals surface area contributed by atoms with Crippen LogP contribution >= 0.6 is 11.3 Å². The fraction of sp³-hybridized carbons (Fsp3) is 0.125. The molecule has 4 nitrogen and oxygen atoms in total. The lowest BCUT2D eigenvalue weighted by Crippen LogP contribution is -1.94. The average molecular weight is 192 g/mol. The maximum Gasteiger partial charge on any atom is 0.173 e. The summed E-state index contributed by atoms with van der Waals surface area (Å²) < 4.78 is 0. The number of nitrogens with one attached hydrogen (secondary N) is 1. The van der Waals surface area contributed by atoms with Crippen LogP contribution in [0.25, 0.3) is 10.7 Å². The monoisotopic (exact) mass is 192 g/mol. The number of rotatable bonds is 2. The van der Waals surface area contributed by atoms with Gasteiger partial charge in [-0.3, -0.25) is 4.98 Å². The summed E-state index contributed by atoms with van der Waals surface area (Å²) in [6, 6.07) is 1.82. The molecule has 0 spiro atoms. The normalized spacial score (nSPS) is 9.92. The standard InChI is InChI=1S/C8H8N4S/c1-9-7-2-3-11-8(12-7)6-4-10-5-13-6/h2-5H,1H3,(H,9,11,12). The number of hydrogen-bond acceptors (Lipinski definition) is 5. The van der Waals surface area contributed by atoms with E-state index >= 15 is 0 Å². The summed E-state index contributed by atoms with van der Waals surface area (Å²) in [6.45, 7) is 0. The molecule has 0 unspecified atom stereocenters. The van der Waals surface area contributed by atoms with Crippen LogP contribution in [0.5, 0.6) is 0 Å². The first kappa shape index (κ1) is 8.12. The summed E-state index contributed by atoms with van der Waals surface area (Å²) in [5.74, 6) is 1.53. The number of anilines is 1. The molecule has 2 aromatic heterocycles. The van der Waals surface area contributed by atoms with E-state index in [0.29, 0.717) is 5.82 Å². The molecule has 0 aliphatic rings. The Hall–Kier alpha value is -1.49. The highest BCUT2D eigenvalue weighted by Gasteiger charge is 2.02. The van der Waals surface area contributed by atoms with Gasteiger partial charge >= 0.3 is 0 Å². The number of hydrogen-bond donors (Lipinski definition) is 1. The second kappa shape index (κ2) is 3.49. The van der Waals surface area contributed by atoms with Gasteiger partial charge in [0.15, 0.2) is 5.82 Å². The molecule has 5 heteroatoms. The Kier molecular flexibility index (Phi) is 2.18. The van der Waals surface area contributed by atoms with Crippen molar-refractivity contribution in [2.45, 2.75) is 0 Å². The molecule has 66 valence electrons. The second-order valence-corrected chi connectivity index (χ2v) is 3.27. The van der Waals surface area contributed by atoms with Gasteiger partial charge in [-0.05, 0) is 6.07 Å². The zero-order valence-corrected chi connectivity index (χ0v) is 7.88. The third-order valence-electron chi connectivity index (χ3n) is 1.56. The van der Waals surface area contributed by atoms with E-state index < -0.39 is 0 Å². The maximum atomic E-state index is 4.28. The first-order valence-electron chi connectivity index (χ1n) is 3.80. The summed E-state index contributed by atoms with van der Waals surface area (Å²) in [6.07, 6.45) is 3.49. The lowest BCUT2D eigenvalue weighted by Gasteiger charge is -1.99. The van der Waals surface area contributed by atoms with E-state index in [-0.39, 0.29) is 0 Å². The minimum Gasteiger partial charge on any atom is -0.373 e. The van der Waals surface area contributed by atoms with Crippen molar-refractivity contribution in [1.82, 2.24) is 15.0 Å². The Morgan fingerprint density at radius 1 is 1.46 bits per heavy atom. The first-order valence-corrected chi connectivity index (χ1v) is 4.68. The highest BCUT2D eigenvalue weighted by molar-refractivity contribution is 7.13. The SMILES string of the molecule is CNc1ccnc(-c2cncs2)n1. The van der Waals surface area contributed by atoms with Crippen molar-refractivity contribution in [1.29, 1.82) is 0 Å². The second-order valence-electron chi connectivity index (χ2n) is 2.38. The van der Waals surface area contributed by atoms with Crippen LogP contribution in [-0.4, -0.2) is 22.0 Å². The van der Waals surface area contributed by atoms with E-state index in [1.165, 1.54) is 11.3 Å². The highest BCUT2D eigenvalue weighted by Crippen LogP contribution is 2.19. The van der Waals surface area contributed by atoms with Crippen LogP contribution in [0.2, 0.25) is 0 Å². The quantitative estimate of drug-likeness (QED) is 0.786. The van der Waals surface area contributed by atoms with Crippen molar-refractivity contribution in [2.24, 2.45) is 0 Å². The van der Waals surface area contributed by atoms with Gasteiger partial charge in [0.1, 0.15) is 5.82 Å². The topological polar surface area (TPSA) is 50.7 Å². The average Bonchev–Trinajstić information content (AvgIpc) is 2.71. The molecule has 1 N–H and O–H groups in total. The zero-order valence-electron chi connectivity index (χ0n) is 7.06. The van der Waals surface area contributed by atoms with E-state index in [1.807, 2.05) is 13.1 Å². The third kappa shape index (κ3) is 1.65. The van der Waals surface area contributed by atoms with Crippen molar-refractivity contribution in [3.8, 4) is 10.7 Å². The molecule has 0 bridgehead atoms. The summed E-state index contributed by atoms with van der Waals surface area (Å²) in [5.41, 5.74) is 1.77. The lowest BCUT2D eigenvalue weighted by atomic mass is 10.5. The number of nitrogens with zero attached hydrogens (tertiary/aromatic N) is 3. The summed E-state index contributed by atoms with van der Waals surface area (Å²) in [7, 11) is 1.83. The van der Waals surface area contributed by atoms with Gasteiger partial charge in [0.2, 0.25) is 0 Å². The zero-order chi connectivity index (χ0) is 9.10. The van der Waals surface area contributed by atoms with E-state index in [0.717, 1.165) is 10.7 Å². The van der Waals surface area contributed by atoms with E-state index in [1.54, 1.807) is 17.9 Å². The van der Waals surface area contributed by atoms with Gasteiger partial charge < -0.3 is 5.32 Å². The molecule has 0 saturated heterocycles. The number of aromatic nitrogens is 3. The summed E-state index contributed by atoms with van der Waals surface area (Å²) in [5, 5.41) is 2.96. The Labute approximate surface area is 79.7 Å². The molecule has 0 radical (unpaired) electrons. The molecule has 2 rings (SSSR count). The van der Waals surface area contributed by atoms with E-state index in [4.69, 9.17) is 0 Å². The molecule has 0 aliphatic carbocycles. The van der Waals surface area contributed by atoms with Crippen molar-refractivity contribution in [2.75, 3.05) is 12.4 Å². The van der Waals surface area contributed by atoms with Gasteiger partial charge in [-0.1, -0.05) is 0 Å². The van der Waals surface area contributed by atoms with Crippen LogP contribution in [0.4, 0.5) is 5.82 Å². The minimum atomic E-state index is 0.717. The maximum absolute atomic E-state index is 4.28. The fourth-order valence-electron chi connectivity index (χ4n) is 0.943. The molecule has 0 amide bonds. The molecule has 0 aromatic carbocycles. The van der Waals surface area contributed by atoms with Crippen LogP contribution in [0, 0.1) is 0 Å². The van der Waals surface area contributed by atoms with E-state index in [9.17, 15) is 0 Å². The molecule has 2 heterocycles. The largest absolute Gasteiger partial charge is 0.373 e. The Bertz CT molecular complexity index is 385. The Morgan fingerprint density at radius 3 is 3.08 bits per heavy atom. The summed E-state index contributed by atoms with van der Waals surface area (Å²) >= 11 is 1.53. The van der Waals surface area contributed by atoms with Gasteiger partial charge in [0.25, 0.3) is 0 Å². The minimum absolute atomic E-state index is 0.717. The van der Waals surface area contributed by atoms with Crippen molar-refractivity contribution in [3.05, 3.63) is 24.0 Å².